The fraction of sp³-hybridized carbons (Fsp3) is 0.533. The largest absolute Gasteiger partial charge is 0.497 e. The summed E-state index contributed by atoms with van der Waals surface area (Å²) in [6.45, 7) is 4.77. The first-order chi connectivity index (χ1) is 9.53. The molecule has 0 saturated carbocycles. The monoisotopic (exact) mass is 277 g/mol. The molecule has 0 bridgehead atoms. The normalized spacial score (nSPS) is 11.8. The molecule has 0 spiro atoms. The molecular weight excluding hydrogens is 253 g/mol. The average molecular weight is 277 g/mol. The molecule has 1 rings (SSSR count). The van der Waals surface area contributed by atoms with Gasteiger partial charge in [-0.2, -0.15) is 0 Å². The number of carbonyl (C=O) groups excluding carboxylic acids is 1. The van der Waals surface area contributed by atoms with Crippen molar-refractivity contribution < 1.29 is 14.3 Å². The first kappa shape index (κ1) is 16.6. The van der Waals surface area contributed by atoms with E-state index in [1.54, 1.807) is 7.11 Å². The van der Waals surface area contributed by atoms with Crippen LogP contribution in [-0.2, 0) is 16.0 Å². The third kappa shape index (κ3) is 4.27. The van der Waals surface area contributed by atoms with Crippen LogP contribution >= 0.6 is 0 Å². The molecule has 1 unspecified atom stereocenters. The first-order valence-electron chi connectivity index (χ1n) is 7.03. The molecule has 1 aromatic rings. The van der Waals surface area contributed by atoms with Gasteiger partial charge in [0, 0.05) is 0 Å². The zero-order valence-electron chi connectivity index (χ0n) is 12.8. The van der Waals surface area contributed by atoms with E-state index >= 15 is 0 Å². The molecule has 5 heteroatoms. The van der Waals surface area contributed by atoms with E-state index in [1.165, 1.54) is 12.6 Å². The molecule has 0 aliphatic carbocycles. The SMILES string of the molecule is CCCB(C)c1cc(CC(N)C(=O)OC)ccc1OC. The number of nitrogens with two attached hydrogens (primary N) is 1. The Morgan fingerprint density at radius 1 is 1.40 bits per heavy atom. The topological polar surface area (TPSA) is 61.6 Å². The highest BCUT2D eigenvalue weighted by Gasteiger charge is 2.18. The van der Waals surface area contributed by atoms with Gasteiger partial charge in [-0.25, -0.2) is 0 Å². The molecule has 0 radical (unpaired) electrons. The number of hydrogen-bond donors (Lipinski definition) is 1. The number of ether oxygens (including phenoxy) is 2. The summed E-state index contributed by atoms with van der Waals surface area (Å²) in [6, 6.07) is 5.36. The van der Waals surface area contributed by atoms with E-state index in [1.807, 2.05) is 12.1 Å². The van der Waals surface area contributed by atoms with Crippen molar-refractivity contribution in [1.29, 1.82) is 0 Å². The predicted molar refractivity (Wildman–Crippen MR) is 83.0 cm³/mol. The van der Waals surface area contributed by atoms with E-state index in [2.05, 4.69) is 24.6 Å². The summed E-state index contributed by atoms with van der Waals surface area (Å²) >= 11 is 0. The van der Waals surface area contributed by atoms with Crippen molar-refractivity contribution in [2.45, 2.75) is 39.0 Å². The van der Waals surface area contributed by atoms with Crippen molar-refractivity contribution in [1.82, 2.24) is 0 Å². The molecule has 0 saturated heterocycles. The van der Waals surface area contributed by atoms with Gasteiger partial charge in [-0.3, -0.25) is 4.79 Å². The van der Waals surface area contributed by atoms with Crippen LogP contribution in [0.15, 0.2) is 18.2 Å². The van der Waals surface area contributed by atoms with Crippen LogP contribution in [0.4, 0.5) is 0 Å². The van der Waals surface area contributed by atoms with Crippen molar-refractivity contribution in [2.24, 2.45) is 5.73 Å². The summed E-state index contributed by atoms with van der Waals surface area (Å²) < 4.78 is 10.1. The predicted octanol–water partition coefficient (Wildman–Crippen LogP) is 1.48. The quantitative estimate of drug-likeness (QED) is 0.605. The Hall–Kier alpha value is -1.49. The highest BCUT2D eigenvalue weighted by atomic mass is 16.5. The van der Waals surface area contributed by atoms with E-state index in [9.17, 15) is 4.79 Å². The summed E-state index contributed by atoms with van der Waals surface area (Å²) in [5.41, 5.74) is 8.01. The lowest BCUT2D eigenvalue weighted by atomic mass is 9.44. The van der Waals surface area contributed by atoms with Crippen LogP contribution in [0, 0.1) is 0 Å². The Kier molecular flexibility index (Phi) is 6.59. The van der Waals surface area contributed by atoms with Gasteiger partial charge in [-0.15, -0.1) is 0 Å². The molecule has 0 aliphatic rings. The standard InChI is InChI=1S/C15H24BNO3/c1-5-8-16(2)12-9-11(6-7-14(12)19-3)10-13(17)15(18)20-4/h6-7,9,13H,5,8,10,17H2,1-4H3. The number of rotatable bonds is 7. The smallest absolute Gasteiger partial charge is 0.322 e. The third-order valence-electron chi connectivity index (χ3n) is 3.51. The second-order valence-electron chi connectivity index (χ2n) is 5.10. The first-order valence-corrected chi connectivity index (χ1v) is 7.03. The van der Waals surface area contributed by atoms with E-state index in [0.29, 0.717) is 13.1 Å². The number of hydrogen-bond acceptors (Lipinski definition) is 4. The second-order valence-corrected chi connectivity index (χ2v) is 5.10. The van der Waals surface area contributed by atoms with Gasteiger partial charge in [0.2, 0.25) is 0 Å². The van der Waals surface area contributed by atoms with Crippen LogP contribution in [0.2, 0.25) is 13.1 Å². The van der Waals surface area contributed by atoms with E-state index in [4.69, 9.17) is 10.5 Å². The zero-order chi connectivity index (χ0) is 15.1. The van der Waals surface area contributed by atoms with Crippen LogP contribution in [0.25, 0.3) is 0 Å². The zero-order valence-corrected chi connectivity index (χ0v) is 12.8. The minimum atomic E-state index is -0.622. The van der Waals surface area contributed by atoms with Gasteiger partial charge < -0.3 is 15.2 Å². The molecule has 0 aliphatic heterocycles. The van der Waals surface area contributed by atoms with Crippen molar-refractivity contribution in [3.8, 4) is 5.75 Å². The minimum absolute atomic E-state index is 0.385. The summed E-state index contributed by atoms with van der Waals surface area (Å²) in [5, 5.41) is 0. The Balaban J connectivity index is 2.94. The van der Waals surface area contributed by atoms with Gasteiger partial charge in [0.25, 0.3) is 0 Å². The molecule has 0 heterocycles. The van der Waals surface area contributed by atoms with Gasteiger partial charge in [-0.05, 0) is 23.5 Å². The summed E-state index contributed by atoms with van der Waals surface area (Å²) in [7, 11) is 3.03. The molecule has 1 atom stereocenters. The number of carbonyl (C=O) groups is 1. The third-order valence-corrected chi connectivity index (χ3v) is 3.51. The number of esters is 1. The van der Waals surface area contributed by atoms with Crippen molar-refractivity contribution in [3.63, 3.8) is 0 Å². The van der Waals surface area contributed by atoms with Crippen LogP contribution in [0.1, 0.15) is 18.9 Å². The van der Waals surface area contributed by atoms with Crippen LogP contribution in [-0.4, -0.2) is 32.9 Å². The highest BCUT2D eigenvalue weighted by molar-refractivity contribution is 6.72. The fourth-order valence-electron chi connectivity index (χ4n) is 2.37. The van der Waals surface area contributed by atoms with E-state index < -0.39 is 6.04 Å². The van der Waals surface area contributed by atoms with Gasteiger partial charge in [-0.1, -0.05) is 38.6 Å². The van der Waals surface area contributed by atoms with Crippen LogP contribution in [0.3, 0.4) is 0 Å². The summed E-state index contributed by atoms with van der Waals surface area (Å²) in [4.78, 5) is 11.4. The Bertz CT molecular complexity index is 451. The molecular formula is C15H24BNO3. The molecule has 1 aromatic carbocycles. The van der Waals surface area contributed by atoms with Gasteiger partial charge in [0.1, 0.15) is 11.8 Å². The molecule has 20 heavy (non-hydrogen) atoms. The maximum atomic E-state index is 11.4. The summed E-state index contributed by atoms with van der Waals surface area (Å²) in [5.74, 6) is 0.505. The molecule has 2 N–H and O–H groups in total. The Labute approximate surface area is 121 Å². The van der Waals surface area contributed by atoms with Crippen LogP contribution < -0.4 is 15.9 Å². The maximum absolute atomic E-state index is 11.4. The van der Waals surface area contributed by atoms with Crippen molar-refractivity contribution >= 4 is 18.1 Å². The van der Waals surface area contributed by atoms with E-state index in [-0.39, 0.29) is 5.97 Å². The van der Waals surface area contributed by atoms with Gasteiger partial charge in [0.05, 0.1) is 14.2 Å². The average Bonchev–Trinajstić information content (AvgIpc) is 2.46. The van der Waals surface area contributed by atoms with E-state index in [0.717, 1.165) is 24.1 Å². The maximum Gasteiger partial charge on any atom is 0.322 e. The molecule has 0 fully saturated rings. The lowest BCUT2D eigenvalue weighted by molar-refractivity contribution is -0.142. The lowest BCUT2D eigenvalue weighted by Crippen LogP contribution is -2.34. The van der Waals surface area contributed by atoms with Gasteiger partial charge in [0.15, 0.2) is 6.71 Å². The molecule has 0 aromatic heterocycles. The molecule has 4 nitrogen and oxygen atoms in total. The Morgan fingerprint density at radius 2 is 2.10 bits per heavy atom. The Morgan fingerprint density at radius 3 is 2.65 bits per heavy atom. The summed E-state index contributed by atoms with van der Waals surface area (Å²) in [6.07, 6.45) is 2.70. The number of methoxy groups -OCH3 is 2. The van der Waals surface area contributed by atoms with Crippen LogP contribution in [0.5, 0.6) is 5.75 Å². The molecule has 0 amide bonds. The fourth-order valence-corrected chi connectivity index (χ4v) is 2.37. The minimum Gasteiger partial charge on any atom is -0.497 e. The highest BCUT2D eigenvalue weighted by Crippen LogP contribution is 2.14. The molecule has 110 valence electrons. The number of benzene rings is 1. The van der Waals surface area contributed by atoms with Gasteiger partial charge >= 0.3 is 5.97 Å². The lowest BCUT2D eigenvalue weighted by Gasteiger charge is -2.16. The van der Waals surface area contributed by atoms with Crippen molar-refractivity contribution in [2.75, 3.05) is 14.2 Å². The van der Waals surface area contributed by atoms with Crippen molar-refractivity contribution in [3.05, 3.63) is 23.8 Å². The second kappa shape index (κ2) is 7.95.